The quantitative estimate of drug-likeness (QED) is 0.729. The minimum absolute atomic E-state index is 0.887. The molecule has 0 bridgehead atoms. The van der Waals surface area contributed by atoms with Gasteiger partial charge in [-0.3, -0.25) is 5.10 Å². The standard InChI is InChI=1S/C7H9BrN2/c1-6-7(3-2-4-8)5-9-10-6/h2-3,5H,4H2,1H3,(H,9,10). The summed E-state index contributed by atoms with van der Waals surface area (Å²) in [6.07, 6.45) is 5.89. The number of hydrogen-bond donors (Lipinski definition) is 1. The van der Waals surface area contributed by atoms with Gasteiger partial charge in [0.05, 0.1) is 6.20 Å². The molecule has 1 rings (SSSR count). The molecule has 0 saturated carbocycles. The summed E-state index contributed by atoms with van der Waals surface area (Å²) in [4.78, 5) is 0. The maximum absolute atomic E-state index is 3.88. The van der Waals surface area contributed by atoms with Crippen LogP contribution in [0.2, 0.25) is 0 Å². The number of rotatable bonds is 2. The Hall–Kier alpha value is -0.570. The van der Waals surface area contributed by atoms with Gasteiger partial charge in [-0.15, -0.1) is 0 Å². The number of hydrogen-bond acceptors (Lipinski definition) is 1. The maximum Gasteiger partial charge on any atom is 0.0562 e. The van der Waals surface area contributed by atoms with Crippen LogP contribution in [0.15, 0.2) is 12.3 Å². The van der Waals surface area contributed by atoms with Crippen LogP contribution < -0.4 is 0 Å². The van der Waals surface area contributed by atoms with E-state index in [2.05, 4.69) is 26.1 Å². The first-order valence-corrected chi connectivity index (χ1v) is 4.19. The van der Waals surface area contributed by atoms with Crippen molar-refractivity contribution < 1.29 is 0 Å². The van der Waals surface area contributed by atoms with Gasteiger partial charge in [0, 0.05) is 16.6 Å². The number of aromatic amines is 1. The SMILES string of the molecule is Cc1[nH]ncc1C=CCBr. The summed E-state index contributed by atoms with van der Waals surface area (Å²) >= 11 is 3.30. The molecule has 0 unspecified atom stereocenters. The third-order valence-electron chi connectivity index (χ3n) is 1.26. The highest BCUT2D eigenvalue weighted by molar-refractivity contribution is 9.09. The lowest BCUT2D eigenvalue weighted by atomic mass is 10.2. The van der Waals surface area contributed by atoms with Gasteiger partial charge in [-0.05, 0) is 6.92 Å². The Morgan fingerprint density at radius 1 is 1.80 bits per heavy atom. The molecule has 3 heteroatoms. The van der Waals surface area contributed by atoms with Crippen LogP contribution in [0.25, 0.3) is 6.08 Å². The number of alkyl halides is 1. The summed E-state index contributed by atoms with van der Waals surface area (Å²) in [5.74, 6) is 0. The zero-order valence-corrected chi connectivity index (χ0v) is 7.35. The molecule has 0 saturated heterocycles. The number of allylic oxidation sites excluding steroid dienone is 1. The Balaban J connectivity index is 2.74. The fourth-order valence-electron chi connectivity index (χ4n) is 0.700. The zero-order chi connectivity index (χ0) is 7.40. The molecule has 1 heterocycles. The van der Waals surface area contributed by atoms with Crippen LogP contribution in [0.1, 0.15) is 11.3 Å². The lowest BCUT2D eigenvalue weighted by Gasteiger charge is -1.84. The minimum atomic E-state index is 0.887. The molecule has 1 aromatic rings. The van der Waals surface area contributed by atoms with Gasteiger partial charge in [-0.1, -0.05) is 28.1 Å². The molecular formula is C7H9BrN2. The van der Waals surface area contributed by atoms with Gasteiger partial charge < -0.3 is 0 Å². The summed E-state index contributed by atoms with van der Waals surface area (Å²) in [6.45, 7) is 2.00. The normalized spacial score (nSPS) is 11.0. The third-order valence-corrected chi connectivity index (χ3v) is 1.63. The number of nitrogens with one attached hydrogen (secondary N) is 1. The van der Waals surface area contributed by atoms with E-state index in [9.17, 15) is 0 Å². The second-order valence-corrected chi connectivity index (χ2v) is 2.65. The molecule has 0 aliphatic carbocycles. The predicted molar refractivity (Wildman–Crippen MR) is 46.2 cm³/mol. The van der Waals surface area contributed by atoms with E-state index in [0.29, 0.717) is 0 Å². The molecule has 0 radical (unpaired) electrons. The molecule has 1 aromatic heterocycles. The number of aryl methyl sites for hydroxylation is 1. The van der Waals surface area contributed by atoms with Gasteiger partial charge in [0.1, 0.15) is 0 Å². The largest absolute Gasteiger partial charge is 0.282 e. The van der Waals surface area contributed by atoms with E-state index >= 15 is 0 Å². The summed E-state index contributed by atoms with van der Waals surface area (Å²) in [5, 5.41) is 7.63. The van der Waals surface area contributed by atoms with Crippen molar-refractivity contribution in [3.63, 3.8) is 0 Å². The van der Waals surface area contributed by atoms with E-state index in [1.807, 2.05) is 25.3 Å². The molecule has 0 aromatic carbocycles. The highest BCUT2D eigenvalue weighted by atomic mass is 79.9. The van der Waals surface area contributed by atoms with Crippen molar-refractivity contribution in [1.29, 1.82) is 0 Å². The Labute approximate surface area is 68.5 Å². The second-order valence-electron chi connectivity index (χ2n) is 2.01. The average Bonchev–Trinajstić information content (AvgIpc) is 2.31. The van der Waals surface area contributed by atoms with Crippen molar-refractivity contribution in [1.82, 2.24) is 10.2 Å². The predicted octanol–water partition coefficient (Wildman–Crippen LogP) is 2.13. The number of halogens is 1. The molecule has 0 aliphatic rings. The Bertz CT molecular complexity index is 227. The van der Waals surface area contributed by atoms with E-state index in [-0.39, 0.29) is 0 Å². The first-order chi connectivity index (χ1) is 4.84. The number of nitrogens with zero attached hydrogens (tertiary/aromatic N) is 1. The monoisotopic (exact) mass is 200 g/mol. The Kier molecular flexibility index (Phi) is 2.68. The number of aromatic nitrogens is 2. The van der Waals surface area contributed by atoms with Crippen molar-refractivity contribution >= 4 is 22.0 Å². The summed E-state index contributed by atoms with van der Waals surface area (Å²) < 4.78 is 0. The van der Waals surface area contributed by atoms with E-state index in [0.717, 1.165) is 16.6 Å². The van der Waals surface area contributed by atoms with E-state index in [1.54, 1.807) is 0 Å². The van der Waals surface area contributed by atoms with Gasteiger partial charge in [0.2, 0.25) is 0 Å². The van der Waals surface area contributed by atoms with Crippen LogP contribution in [-0.4, -0.2) is 15.5 Å². The first-order valence-electron chi connectivity index (χ1n) is 3.07. The van der Waals surface area contributed by atoms with Crippen LogP contribution in [-0.2, 0) is 0 Å². The van der Waals surface area contributed by atoms with Crippen LogP contribution in [0.4, 0.5) is 0 Å². The molecule has 10 heavy (non-hydrogen) atoms. The molecule has 54 valence electrons. The molecular weight excluding hydrogens is 192 g/mol. The second kappa shape index (κ2) is 3.56. The van der Waals surface area contributed by atoms with Crippen molar-refractivity contribution in [3.8, 4) is 0 Å². The van der Waals surface area contributed by atoms with Gasteiger partial charge in [-0.25, -0.2) is 0 Å². The molecule has 0 fully saturated rings. The van der Waals surface area contributed by atoms with Crippen molar-refractivity contribution in [2.24, 2.45) is 0 Å². The van der Waals surface area contributed by atoms with Gasteiger partial charge in [-0.2, -0.15) is 5.10 Å². The fraction of sp³-hybridized carbons (Fsp3) is 0.286. The van der Waals surface area contributed by atoms with E-state index in [4.69, 9.17) is 0 Å². The van der Waals surface area contributed by atoms with Crippen LogP contribution in [0.5, 0.6) is 0 Å². The smallest absolute Gasteiger partial charge is 0.0562 e. The molecule has 2 nitrogen and oxygen atoms in total. The van der Waals surface area contributed by atoms with Crippen LogP contribution >= 0.6 is 15.9 Å². The van der Waals surface area contributed by atoms with E-state index < -0.39 is 0 Å². The maximum atomic E-state index is 3.88. The highest BCUT2D eigenvalue weighted by Gasteiger charge is 1.92. The summed E-state index contributed by atoms with van der Waals surface area (Å²) in [6, 6.07) is 0. The average molecular weight is 201 g/mol. The molecule has 0 atom stereocenters. The molecule has 0 spiro atoms. The molecule has 1 N–H and O–H groups in total. The minimum Gasteiger partial charge on any atom is -0.282 e. The lowest BCUT2D eigenvalue weighted by molar-refractivity contribution is 1.05. The zero-order valence-electron chi connectivity index (χ0n) is 5.76. The van der Waals surface area contributed by atoms with Crippen molar-refractivity contribution in [2.75, 3.05) is 5.33 Å². The molecule has 0 aliphatic heterocycles. The van der Waals surface area contributed by atoms with Crippen LogP contribution in [0.3, 0.4) is 0 Å². The van der Waals surface area contributed by atoms with Crippen LogP contribution in [0, 0.1) is 6.92 Å². The number of H-pyrrole nitrogens is 1. The first kappa shape index (κ1) is 7.54. The summed E-state index contributed by atoms with van der Waals surface area (Å²) in [5.41, 5.74) is 2.26. The Morgan fingerprint density at radius 3 is 3.10 bits per heavy atom. The lowest BCUT2D eigenvalue weighted by Crippen LogP contribution is -1.73. The highest BCUT2D eigenvalue weighted by Crippen LogP contribution is 2.04. The van der Waals surface area contributed by atoms with Crippen molar-refractivity contribution in [3.05, 3.63) is 23.5 Å². The fourth-order valence-corrected chi connectivity index (χ4v) is 0.886. The van der Waals surface area contributed by atoms with Gasteiger partial charge in [0.25, 0.3) is 0 Å². The van der Waals surface area contributed by atoms with E-state index in [1.165, 1.54) is 0 Å². The topological polar surface area (TPSA) is 28.7 Å². The summed E-state index contributed by atoms with van der Waals surface area (Å²) in [7, 11) is 0. The third kappa shape index (κ3) is 1.70. The Morgan fingerprint density at radius 2 is 2.60 bits per heavy atom. The van der Waals surface area contributed by atoms with Gasteiger partial charge >= 0.3 is 0 Å². The van der Waals surface area contributed by atoms with Crippen molar-refractivity contribution in [2.45, 2.75) is 6.92 Å². The molecule has 0 amide bonds. The van der Waals surface area contributed by atoms with Gasteiger partial charge in [0.15, 0.2) is 0 Å².